The van der Waals surface area contributed by atoms with Crippen molar-refractivity contribution in [1.29, 1.82) is 5.26 Å². The first-order chi connectivity index (χ1) is 10.6. The second-order valence-corrected chi connectivity index (χ2v) is 5.80. The van der Waals surface area contributed by atoms with E-state index in [-0.39, 0.29) is 11.7 Å². The lowest BCUT2D eigenvalue weighted by atomic mass is 10.2. The molecule has 0 aromatic heterocycles. The van der Waals surface area contributed by atoms with E-state index < -0.39 is 0 Å². The third-order valence-electron chi connectivity index (χ3n) is 2.79. The maximum absolute atomic E-state index is 12.0. The molecule has 1 amide bonds. The number of nitriles is 1. The van der Waals surface area contributed by atoms with Crippen LogP contribution < -0.4 is 10.1 Å². The average Bonchev–Trinajstić information content (AvgIpc) is 2.53. The number of carbonyl (C=O) groups is 1. The first-order valence-electron chi connectivity index (χ1n) is 6.38. The molecular weight excluding hydrogens is 320 g/mol. The van der Waals surface area contributed by atoms with Crippen molar-refractivity contribution in [1.82, 2.24) is 0 Å². The van der Waals surface area contributed by atoms with Crippen molar-refractivity contribution in [3.63, 3.8) is 0 Å². The zero-order valence-corrected chi connectivity index (χ0v) is 13.4. The number of benzene rings is 2. The summed E-state index contributed by atoms with van der Waals surface area (Å²) in [6, 6.07) is 14.2. The fraction of sp³-hybridized carbons (Fsp3) is 0.125. The number of methoxy groups -OCH3 is 1. The van der Waals surface area contributed by atoms with Gasteiger partial charge in [0.1, 0.15) is 11.8 Å². The van der Waals surface area contributed by atoms with Crippen molar-refractivity contribution >= 4 is 35.0 Å². The molecule has 0 aliphatic rings. The summed E-state index contributed by atoms with van der Waals surface area (Å²) in [5, 5.41) is 12.2. The van der Waals surface area contributed by atoms with E-state index in [1.165, 1.54) is 11.8 Å². The molecule has 6 heteroatoms. The van der Waals surface area contributed by atoms with Crippen LogP contribution in [-0.2, 0) is 4.79 Å². The van der Waals surface area contributed by atoms with Crippen LogP contribution in [0.4, 0.5) is 5.69 Å². The lowest BCUT2D eigenvalue weighted by Crippen LogP contribution is -2.14. The van der Waals surface area contributed by atoms with Crippen LogP contribution in [0.15, 0.2) is 47.4 Å². The van der Waals surface area contributed by atoms with Crippen LogP contribution in [0.1, 0.15) is 5.56 Å². The Kier molecular flexibility index (Phi) is 5.70. The van der Waals surface area contributed by atoms with E-state index in [9.17, 15) is 4.79 Å². The molecule has 0 saturated carbocycles. The lowest BCUT2D eigenvalue weighted by molar-refractivity contribution is -0.113. The molecule has 0 spiro atoms. The van der Waals surface area contributed by atoms with Gasteiger partial charge in [-0.3, -0.25) is 4.79 Å². The molecule has 1 N–H and O–H groups in total. The summed E-state index contributed by atoms with van der Waals surface area (Å²) >= 11 is 7.27. The standard InChI is InChI=1S/C16H13ClN2O2S/c1-21-13-3-2-4-14(8-13)22-10-16(20)19-15-7-12(17)6-5-11(15)9-18/h2-8H,10H2,1H3,(H,19,20). The number of nitrogens with one attached hydrogen (secondary N) is 1. The van der Waals surface area contributed by atoms with Gasteiger partial charge in [-0.15, -0.1) is 11.8 Å². The SMILES string of the molecule is COc1cccc(SCC(=O)Nc2cc(Cl)ccc2C#N)c1. The maximum Gasteiger partial charge on any atom is 0.234 e. The number of nitrogens with zero attached hydrogens (tertiary/aromatic N) is 1. The van der Waals surface area contributed by atoms with Gasteiger partial charge in [-0.1, -0.05) is 17.7 Å². The quantitative estimate of drug-likeness (QED) is 0.842. The van der Waals surface area contributed by atoms with Crippen molar-refractivity contribution in [3.05, 3.63) is 53.1 Å². The fourth-order valence-electron chi connectivity index (χ4n) is 1.74. The van der Waals surface area contributed by atoms with Crippen LogP contribution in [0.5, 0.6) is 5.75 Å². The Balaban J connectivity index is 1.99. The third-order valence-corrected chi connectivity index (χ3v) is 4.02. The molecule has 0 fully saturated rings. The van der Waals surface area contributed by atoms with Crippen LogP contribution >= 0.6 is 23.4 Å². The molecule has 2 rings (SSSR count). The summed E-state index contributed by atoms with van der Waals surface area (Å²) in [7, 11) is 1.60. The minimum atomic E-state index is -0.202. The molecule has 0 aliphatic heterocycles. The van der Waals surface area contributed by atoms with Crippen LogP contribution in [-0.4, -0.2) is 18.8 Å². The van der Waals surface area contributed by atoms with Gasteiger partial charge in [-0.05, 0) is 36.4 Å². The number of thioether (sulfide) groups is 1. The van der Waals surface area contributed by atoms with Crippen molar-refractivity contribution < 1.29 is 9.53 Å². The highest BCUT2D eigenvalue weighted by atomic mass is 35.5. The van der Waals surface area contributed by atoms with Gasteiger partial charge in [0.2, 0.25) is 5.91 Å². The summed E-state index contributed by atoms with van der Waals surface area (Å²) in [5.74, 6) is 0.767. The highest BCUT2D eigenvalue weighted by Crippen LogP contribution is 2.24. The van der Waals surface area contributed by atoms with E-state index in [0.717, 1.165) is 10.6 Å². The van der Waals surface area contributed by atoms with Gasteiger partial charge in [0.25, 0.3) is 0 Å². The van der Waals surface area contributed by atoms with Crippen molar-refractivity contribution in [2.45, 2.75) is 4.90 Å². The van der Waals surface area contributed by atoms with Crippen LogP contribution in [0.25, 0.3) is 0 Å². The second-order valence-electron chi connectivity index (χ2n) is 4.32. The van der Waals surface area contributed by atoms with Gasteiger partial charge >= 0.3 is 0 Å². The van der Waals surface area contributed by atoms with E-state index in [1.54, 1.807) is 25.3 Å². The van der Waals surface area contributed by atoms with Gasteiger partial charge in [0.15, 0.2) is 0 Å². The van der Waals surface area contributed by atoms with E-state index in [2.05, 4.69) is 5.32 Å². The highest BCUT2D eigenvalue weighted by molar-refractivity contribution is 8.00. The smallest absolute Gasteiger partial charge is 0.234 e. The Bertz CT molecular complexity index is 728. The summed E-state index contributed by atoms with van der Waals surface area (Å²) in [4.78, 5) is 12.9. The Morgan fingerprint density at radius 2 is 2.18 bits per heavy atom. The maximum atomic E-state index is 12.0. The Labute approximate surface area is 138 Å². The largest absolute Gasteiger partial charge is 0.497 e. The van der Waals surface area contributed by atoms with Crippen molar-refractivity contribution in [3.8, 4) is 11.8 Å². The van der Waals surface area contributed by atoms with E-state index in [4.69, 9.17) is 21.6 Å². The topological polar surface area (TPSA) is 62.1 Å². The number of hydrogen-bond acceptors (Lipinski definition) is 4. The van der Waals surface area contributed by atoms with Crippen molar-refractivity contribution in [2.75, 3.05) is 18.2 Å². The zero-order chi connectivity index (χ0) is 15.9. The van der Waals surface area contributed by atoms with Crippen LogP contribution in [0.2, 0.25) is 5.02 Å². The molecule has 4 nitrogen and oxygen atoms in total. The molecule has 0 bridgehead atoms. The minimum absolute atomic E-state index is 0.202. The molecule has 2 aromatic rings. The second kappa shape index (κ2) is 7.74. The van der Waals surface area contributed by atoms with Crippen molar-refractivity contribution in [2.24, 2.45) is 0 Å². The Hall–Kier alpha value is -2.16. The number of ether oxygens (including phenoxy) is 1. The Morgan fingerprint density at radius 3 is 2.91 bits per heavy atom. The molecule has 0 heterocycles. The molecular formula is C16H13ClN2O2S. The molecule has 0 atom stereocenters. The number of anilines is 1. The van der Waals surface area contributed by atoms with Gasteiger partial charge in [-0.25, -0.2) is 0 Å². The van der Waals surface area contributed by atoms with E-state index in [1.807, 2.05) is 30.3 Å². The number of carbonyl (C=O) groups excluding carboxylic acids is 1. The van der Waals surface area contributed by atoms with E-state index in [0.29, 0.717) is 16.3 Å². The molecule has 0 radical (unpaired) electrons. The highest BCUT2D eigenvalue weighted by Gasteiger charge is 2.08. The summed E-state index contributed by atoms with van der Waals surface area (Å²) in [6.07, 6.45) is 0. The van der Waals surface area contributed by atoms with Gasteiger partial charge in [0.05, 0.1) is 24.1 Å². The molecule has 0 aliphatic carbocycles. The number of amides is 1. The third kappa shape index (κ3) is 4.42. The predicted octanol–water partition coefficient (Wildman–Crippen LogP) is 3.95. The number of halogens is 1. The average molecular weight is 333 g/mol. The molecule has 2 aromatic carbocycles. The predicted molar refractivity (Wildman–Crippen MR) is 88.5 cm³/mol. The summed E-state index contributed by atoms with van der Waals surface area (Å²) in [5.41, 5.74) is 0.801. The van der Waals surface area contributed by atoms with Gasteiger partial charge in [0, 0.05) is 9.92 Å². The van der Waals surface area contributed by atoms with E-state index >= 15 is 0 Å². The fourth-order valence-corrected chi connectivity index (χ4v) is 2.66. The normalized spacial score (nSPS) is 9.86. The van der Waals surface area contributed by atoms with Gasteiger partial charge < -0.3 is 10.1 Å². The molecule has 0 saturated heterocycles. The first kappa shape index (κ1) is 16.2. The summed E-state index contributed by atoms with van der Waals surface area (Å²) < 4.78 is 5.14. The molecule has 22 heavy (non-hydrogen) atoms. The van der Waals surface area contributed by atoms with Crippen LogP contribution in [0, 0.1) is 11.3 Å². The molecule has 112 valence electrons. The number of hydrogen-bond donors (Lipinski definition) is 1. The first-order valence-corrected chi connectivity index (χ1v) is 7.75. The Morgan fingerprint density at radius 1 is 1.36 bits per heavy atom. The van der Waals surface area contributed by atoms with Gasteiger partial charge in [-0.2, -0.15) is 5.26 Å². The lowest BCUT2D eigenvalue weighted by Gasteiger charge is -2.08. The number of rotatable bonds is 5. The minimum Gasteiger partial charge on any atom is -0.497 e. The zero-order valence-electron chi connectivity index (χ0n) is 11.8. The monoisotopic (exact) mass is 332 g/mol. The van der Waals surface area contributed by atoms with Crippen LogP contribution in [0.3, 0.4) is 0 Å². The summed E-state index contributed by atoms with van der Waals surface area (Å²) in [6.45, 7) is 0. The molecule has 0 unspecified atom stereocenters.